The summed E-state index contributed by atoms with van der Waals surface area (Å²) in [4.78, 5) is 12.7. The molecule has 0 radical (unpaired) electrons. The Balaban J connectivity index is 1.90. The molecule has 0 amide bonds. The molecule has 0 aliphatic carbocycles. The Labute approximate surface area is 181 Å². The van der Waals surface area contributed by atoms with Gasteiger partial charge in [0, 0.05) is 7.05 Å². The summed E-state index contributed by atoms with van der Waals surface area (Å²) in [5.41, 5.74) is 1.85. The minimum atomic E-state index is -0.185. The van der Waals surface area contributed by atoms with E-state index >= 15 is 0 Å². The molecular weight excluding hydrogens is 448 g/mol. The van der Waals surface area contributed by atoms with Gasteiger partial charge in [0.25, 0.3) is 5.56 Å². The molecule has 0 bridgehead atoms. The molecule has 2 aromatic carbocycles. The average molecular weight is 465 g/mol. The fourth-order valence-corrected chi connectivity index (χ4v) is 3.47. The van der Waals surface area contributed by atoms with E-state index in [0.29, 0.717) is 27.2 Å². The van der Waals surface area contributed by atoms with Crippen LogP contribution in [0.4, 0.5) is 0 Å². The zero-order valence-electron chi connectivity index (χ0n) is 16.3. The predicted molar refractivity (Wildman–Crippen MR) is 115 cm³/mol. The minimum Gasteiger partial charge on any atom is -0.493 e. The number of allylic oxidation sites excluding steroid dienone is 1. The maximum Gasteiger partial charge on any atom is 0.286 e. The molecule has 150 valence electrons. The zero-order valence-corrected chi connectivity index (χ0v) is 17.9. The van der Waals surface area contributed by atoms with Crippen LogP contribution in [-0.4, -0.2) is 16.5 Å². The van der Waals surface area contributed by atoms with Crippen molar-refractivity contribution in [1.29, 1.82) is 10.5 Å². The molecule has 30 heavy (non-hydrogen) atoms. The number of methoxy groups -OCH3 is 1. The van der Waals surface area contributed by atoms with Gasteiger partial charge in [0.05, 0.1) is 18.5 Å². The molecule has 0 fully saturated rings. The van der Waals surface area contributed by atoms with Crippen LogP contribution in [0.5, 0.6) is 11.5 Å². The Hall–Kier alpha value is -3.75. The molecule has 0 saturated carbocycles. The molecule has 0 atom stereocenters. The van der Waals surface area contributed by atoms with Crippen molar-refractivity contribution in [3.8, 4) is 29.3 Å². The number of nitrogens with zero attached hydrogens (tertiary/aromatic N) is 4. The number of hydrogen-bond acceptors (Lipinski definition) is 5. The molecule has 1 heterocycles. The second kappa shape index (κ2) is 9.17. The third-order valence-corrected chi connectivity index (χ3v) is 5.23. The van der Waals surface area contributed by atoms with E-state index in [2.05, 4.69) is 15.9 Å². The molecule has 8 heteroatoms. The van der Waals surface area contributed by atoms with Gasteiger partial charge >= 0.3 is 0 Å². The number of aromatic nitrogens is 2. The first kappa shape index (κ1) is 21.0. The van der Waals surface area contributed by atoms with E-state index in [9.17, 15) is 4.79 Å². The number of ether oxygens (including phenoxy) is 2. The molecule has 0 spiro atoms. The number of halogens is 1. The van der Waals surface area contributed by atoms with Crippen LogP contribution in [0.15, 0.2) is 63.4 Å². The second-order valence-corrected chi connectivity index (χ2v) is 7.01. The first-order valence-electron chi connectivity index (χ1n) is 8.84. The zero-order chi connectivity index (χ0) is 21.7. The minimum absolute atomic E-state index is 0.00750. The van der Waals surface area contributed by atoms with Crippen molar-refractivity contribution < 1.29 is 9.47 Å². The lowest BCUT2D eigenvalue weighted by Crippen LogP contribution is -2.19. The van der Waals surface area contributed by atoms with Crippen LogP contribution in [0.25, 0.3) is 11.8 Å². The van der Waals surface area contributed by atoms with Crippen molar-refractivity contribution in [2.24, 2.45) is 7.05 Å². The molecular formula is C22H17BrN4O3. The summed E-state index contributed by atoms with van der Waals surface area (Å²) >= 11 is 3.38. The highest BCUT2D eigenvalue weighted by Crippen LogP contribution is 2.30. The molecule has 0 unspecified atom stereocenters. The van der Waals surface area contributed by atoms with Gasteiger partial charge in [-0.05, 0) is 51.8 Å². The van der Waals surface area contributed by atoms with Crippen LogP contribution in [0.3, 0.4) is 0 Å². The highest BCUT2D eigenvalue weighted by molar-refractivity contribution is 9.10. The van der Waals surface area contributed by atoms with Crippen molar-refractivity contribution in [2.75, 3.05) is 7.11 Å². The second-order valence-electron chi connectivity index (χ2n) is 6.22. The largest absolute Gasteiger partial charge is 0.493 e. The molecule has 0 aliphatic rings. The highest BCUT2D eigenvalue weighted by Gasteiger charge is 2.18. The van der Waals surface area contributed by atoms with E-state index < -0.39 is 0 Å². The summed E-state index contributed by atoms with van der Waals surface area (Å²) in [7, 11) is 3.29. The first-order chi connectivity index (χ1) is 14.5. The van der Waals surface area contributed by atoms with Crippen molar-refractivity contribution in [1.82, 2.24) is 9.36 Å². The lowest BCUT2D eigenvalue weighted by atomic mass is 10.1. The van der Waals surface area contributed by atoms with Gasteiger partial charge in [-0.1, -0.05) is 24.3 Å². The van der Waals surface area contributed by atoms with Crippen LogP contribution in [0.1, 0.15) is 11.3 Å². The van der Waals surface area contributed by atoms with Crippen LogP contribution in [0, 0.1) is 22.7 Å². The van der Waals surface area contributed by atoms with E-state index in [1.54, 1.807) is 34.6 Å². The molecule has 7 nitrogen and oxygen atoms in total. The number of rotatable bonds is 6. The molecule has 0 saturated heterocycles. The SMILES string of the molecule is COc1cc(C=C(C#N)C#N)ccc1OCc1c(Br)c(=O)n(-c2ccccc2)n1C. The fourth-order valence-electron chi connectivity index (χ4n) is 2.93. The van der Waals surface area contributed by atoms with Gasteiger partial charge in [-0.15, -0.1) is 0 Å². The first-order valence-corrected chi connectivity index (χ1v) is 9.64. The number of benzene rings is 2. The summed E-state index contributed by atoms with van der Waals surface area (Å²) in [6, 6.07) is 18.0. The number of hydrogen-bond donors (Lipinski definition) is 0. The third-order valence-electron chi connectivity index (χ3n) is 4.43. The fraction of sp³-hybridized carbons (Fsp3) is 0.136. The van der Waals surface area contributed by atoms with Crippen molar-refractivity contribution in [3.05, 3.63) is 80.2 Å². The molecule has 0 aliphatic heterocycles. The summed E-state index contributed by atoms with van der Waals surface area (Å²) in [5.74, 6) is 0.916. The molecule has 1 aromatic heterocycles. The van der Waals surface area contributed by atoms with E-state index in [-0.39, 0.29) is 17.7 Å². The van der Waals surface area contributed by atoms with Gasteiger partial charge in [-0.25, -0.2) is 4.68 Å². The van der Waals surface area contributed by atoms with Gasteiger partial charge in [0.15, 0.2) is 11.5 Å². The van der Waals surface area contributed by atoms with Crippen LogP contribution >= 0.6 is 15.9 Å². The molecule has 3 rings (SSSR count). The van der Waals surface area contributed by atoms with Crippen LogP contribution in [-0.2, 0) is 13.7 Å². The number of para-hydroxylation sites is 1. The van der Waals surface area contributed by atoms with Crippen molar-refractivity contribution in [3.63, 3.8) is 0 Å². The lowest BCUT2D eigenvalue weighted by molar-refractivity contribution is 0.274. The topological polar surface area (TPSA) is 93.0 Å². The third kappa shape index (κ3) is 4.14. The van der Waals surface area contributed by atoms with Gasteiger partial charge in [-0.3, -0.25) is 9.48 Å². The van der Waals surface area contributed by atoms with E-state index in [1.165, 1.54) is 13.2 Å². The van der Waals surface area contributed by atoms with Crippen LogP contribution < -0.4 is 15.0 Å². The summed E-state index contributed by atoms with van der Waals surface area (Å²) < 4.78 is 15.0. The van der Waals surface area contributed by atoms with Gasteiger partial charge in [0.2, 0.25) is 0 Å². The van der Waals surface area contributed by atoms with Crippen molar-refractivity contribution >= 4 is 22.0 Å². The Morgan fingerprint density at radius 1 is 1.13 bits per heavy atom. The van der Waals surface area contributed by atoms with E-state index in [4.69, 9.17) is 20.0 Å². The van der Waals surface area contributed by atoms with Gasteiger partial charge < -0.3 is 9.47 Å². The summed E-state index contributed by atoms with van der Waals surface area (Å²) in [6.45, 7) is 0.124. The van der Waals surface area contributed by atoms with Crippen molar-refractivity contribution in [2.45, 2.75) is 6.61 Å². The molecule has 3 aromatic rings. The van der Waals surface area contributed by atoms with Gasteiger partial charge in [-0.2, -0.15) is 10.5 Å². The van der Waals surface area contributed by atoms with E-state index in [0.717, 1.165) is 5.69 Å². The molecule has 0 N–H and O–H groups in total. The Kier molecular flexibility index (Phi) is 6.41. The van der Waals surface area contributed by atoms with Gasteiger partial charge in [0.1, 0.15) is 28.8 Å². The maximum atomic E-state index is 12.7. The van der Waals surface area contributed by atoms with E-state index in [1.807, 2.05) is 42.5 Å². The summed E-state index contributed by atoms with van der Waals surface area (Å²) in [5, 5.41) is 17.8. The standard InChI is InChI=1S/C22H17BrN4O3/c1-26-18(21(23)22(28)27(26)17-6-4-3-5-7-17)14-30-19-9-8-15(11-20(19)29-2)10-16(12-24)13-25/h3-11H,14H2,1-2H3. The Bertz CT molecular complexity index is 1230. The van der Waals surface area contributed by atoms with Crippen LogP contribution in [0.2, 0.25) is 0 Å². The normalized spacial score (nSPS) is 10.0. The maximum absolute atomic E-state index is 12.7. The Morgan fingerprint density at radius 2 is 1.83 bits per heavy atom. The quantitative estimate of drug-likeness (QED) is 0.514. The monoisotopic (exact) mass is 464 g/mol. The average Bonchev–Trinajstić information content (AvgIpc) is 2.99. The number of nitriles is 2. The highest BCUT2D eigenvalue weighted by atomic mass is 79.9. The predicted octanol–water partition coefficient (Wildman–Crippen LogP) is 3.96. The smallest absolute Gasteiger partial charge is 0.286 e. The lowest BCUT2D eigenvalue weighted by Gasteiger charge is -2.13. The Morgan fingerprint density at radius 3 is 2.47 bits per heavy atom. The summed E-state index contributed by atoms with van der Waals surface area (Å²) in [6.07, 6.45) is 1.46.